The lowest BCUT2D eigenvalue weighted by Gasteiger charge is -2.05. The van der Waals surface area contributed by atoms with Crippen molar-refractivity contribution in [2.75, 3.05) is 5.73 Å². The third-order valence-corrected chi connectivity index (χ3v) is 4.35. The molecule has 0 amide bonds. The van der Waals surface area contributed by atoms with Gasteiger partial charge in [-0.2, -0.15) is 0 Å². The van der Waals surface area contributed by atoms with Gasteiger partial charge in [0.1, 0.15) is 0 Å². The molecule has 0 saturated heterocycles. The summed E-state index contributed by atoms with van der Waals surface area (Å²) >= 11 is 0.990. The molecule has 96 valence electrons. The van der Waals surface area contributed by atoms with E-state index < -0.39 is 10.0 Å². The molecule has 0 saturated carbocycles. The van der Waals surface area contributed by atoms with Crippen molar-refractivity contribution in [1.29, 1.82) is 0 Å². The molecule has 0 aliphatic carbocycles. The number of nitrogen functional groups attached to an aromatic ring is 1. The third-order valence-electron chi connectivity index (χ3n) is 2.21. The smallest absolute Gasteiger partial charge is 0.304 e. The maximum atomic E-state index is 11.9. The average molecular weight is 285 g/mol. The minimum atomic E-state index is -3.59. The number of nitrogens with two attached hydrogens (primary N) is 1. The molecule has 0 bridgehead atoms. The SMILES string of the molecule is Nc1ccc(S(=O)(=O)NCc2csc(=O)[nH]2)cc1. The summed E-state index contributed by atoms with van der Waals surface area (Å²) in [4.78, 5) is 13.3. The topological polar surface area (TPSA) is 105 Å². The van der Waals surface area contributed by atoms with E-state index in [1.165, 1.54) is 24.3 Å². The molecule has 18 heavy (non-hydrogen) atoms. The van der Waals surface area contributed by atoms with Crippen LogP contribution < -0.4 is 15.3 Å². The Morgan fingerprint density at radius 1 is 1.28 bits per heavy atom. The highest BCUT2D eigenvalue weighted by Crippen LogP contribution is 2.11. The highest BCUT2D eigenvalue weighted by Gasteiger charge is 2.13. The molecule has 1 aromatic heterocycles. The van der Waals surface area contributed by atoms with Crippen molar-refractivity contribution in [3.63, 3.8) is 0 Å². The number of hydrogen-bond acceptors (Lipinski definition) is 5. The van der Waals surface area contributed by atoms with Crippen LogP contribution in [0.2, 0.25) is 0 Å². The van der Waals surface area contributed by atoms with Crippen LogP contribution in [-0.2, 0) is 16.6 Å². The molecular formula is C10H11N3O3S2. The van der Waals surface area contributed by atoms with Crippen molar-refractivity contribution in [3.05, 3.63) is 45.0 Å². The van der Waals surface area contributed by atoms with Gasteiger partial charge in [-0.05, 0) is 24.3 Å². The van der Waals surface area contributed by atoms with Crippen LogP contribution in [0.5, 0.6) is 0 Å². The van der Waals surface area contributed by atoms with E-state index in [1.54, 1.807) is 5.38 Å². The van der Waals surface area contributed by atoms with E-state index in [-0.39, 0.29) is 16.3 Å². The standard InChI is InChI=1S/C10H11N3O3S2/c11-7-1-3-9(4-2-7)18(15,16)12-5-8-6-17-10(14)13-8/h1-4,6,12H,5,11H2,(H,13,14). The first-order valence-electron chi connectivity index (χ1n) is 4.99. The monoisotopic (exact) mass is 285 g/mol. The van der Waals surface area contributed by atoms with Gasteiger partial charge >= 0.3 is 4.87 Å². The summed E-state index contributed by atoms with van der Waals surface area (Å²) in [6.45, 7) is 0.0471. The maximum absolute atomic E-state index is 11.9. The van der Waals surface area contributed by atoms with Crippen LogP contribution in [0.4, 0.5) is 5.69 Å². The van der Waals surface area contributed by atoms with Crippen LogP contribution >= 0.6 is 11.3 Å². The Morgan fingerprint density at radius 3 is 2.50 bits per heavy atom. The molecule has 2 rings (SSSR count). The highest BCUT2D eigenvalue weighted by molar-refractivity contribution is 7.89. The number of thiazole rings is 1. The molecule has 1 heterocycles. The summed E-state index contributed by atoms with van der Waals surface area (Å²) < 4.78 is 26.2. The van der Waals surface area contributed by atoms with E-state index >= 15 is 0 Å². The van der Waals surface area contributed by atoms with Gasteiger partial charge in [0.05, 0.1) is 11.4 Å². The van der Waals surface area contributed by atoms with Crippen molar-refractivity contribution in [3.8, 4) is 0 Å². The largest absolute Gasteiger partial charge is 0.399 e. The second kappa shape index (κ2) is 4.92. The maximum Gasteiger partial charge on any atom is 0.304 e. The van der Waals surface area contributed by atoms with Crippen molar-refractivity contribution in [2.24, 2.45) is 0 Å². The predicted molar refractivity (Wildman–Crippen MR) is 69.8 cm³/mol. The Kier molecular flexibility index (Phi) is 3.50. The highest BCUT2D eigenvalue weighted by atomic mass is 32.2. The fraction of sp³-hybridized carbons (Fsp3) is 0.100. The van der Waals surface area contributed by atoms with E-state index in [0.717, 1.165) is 11.3 Å². The van der Waals surface area contributed by atoms with E-state index in [4.69, 9.17) is 5.73 Å². The molecule has 0 atom stereocenters. The summed E-state index contributed by atoms with van der Waals surface area (Å²) in [7, 11) is -3.59. The van der Waals surface area contributed by atoms with Gasteiger partial charge in [-0.3, -0.25) is 4.79 Å². The number of aromatic nitrogens is 1. The molecule has 2 aromatic rings. The zero-order chi connectivity index (χ0) is 13.2. The quantitative estimate of drug-likeness (QED) is 0.711. The molecule has 4 N–H and O–H groups in total. The Bertz CT molecular complexity index is 686. The van der Waals surface area contributed by atoms with Crippen LogP contribution in [0.25, 0.3) is 0 Å². The molecule has 0 unspecified atom stereocenters. The molecule has 0 aliphatic rings. The fourth-order valence-corrected chi connectivity index (χ4v) is 2.89. The van der Waals surface area contributed by atoms with Gasteiger partial charge in [-0.1, -0.05) is 11.3 Å². The van der Waals surface area contributed by atoms with E-state index in [1.807, 2.05) is 0 Å². The molecule has 0 radical (unpaired) electrons. The Labute approximate surface area is 108 Å². The average Bonchev–Trinajstić information content (AvgIpc) is 2.73. The van der Waals surface area contributed by atoms with Gasteiger partial charge in [0.15, 0.2) is 0 Å². The molecule has 8 heteroatoms. The first-order chi connectivity index (χ1) is 8.47. The Balaban J connectivity index is 2.12. The zero-order valence-corrected chi connectivity index (χ0v) is 10.8. The Hall–Kier alpha value is -1.64. The van der Waals surface area contributed by atoms with Gasteiger partial charge in [-0.25, -0.2) is 13.1 Å². The lowest BCUT2D eigenvalue weighted by Crippen LogP contribution is -2.23. The van der Waals surface area contributed by atoms with Crippen LogP contribution in [0.3, 0.4) is 0 Å². The first-order valence-corrected chi connectivity index (χ1v) is 7.35. The molecule has 0 aliphatic heterocycles. The Morgan fingerprint density at radius 2 is 1.94 bits per heavy atom. The van der Waals surface area contributed by atoms with Crippen LogP contribution in [0, 0.1) is 0 Å². The minimum absolute atomic E-state index is 0.0471. The molecule has 6 nitrogen and oxygen atoms in total. The number of benzene rings is 1. The van der Waals surface area contributed by atoms with Crippen LogP contribution in [0.1, 0.15) is 5.69 Å². The lowest BCUT2D eigenvalue weighted by atomic mass is 10.3. The molecule has 0 fully saturated rings. The van der Waals surface area contributed by atoms with Gasteiger partial charge < -0.3 is 10.7 Å². The van der Waals surface area contributed by atoms with Crippen molar-refractivity contribution < 1.29 is 8.42 Å². The second-order valence-corrected chi connectivity index (χ2v) is 6.18. The van der Waals surface area contributed by atoms with Gasteiger partial charge in [0.2, 0.25) is 10.0 Å². The van der Waals surface area contributed by atoms with Gasteiger partial charge in [0, 0.05) is 16.8 Å². The third kappa shape index (κ3) is 2.97. The molecular weight excluding hydrogens is 274 g/mol. The van der Waals surface area contributed by atoms with Crippen LogP contribution in [-0.4, -0.2) is 13.4 Å². The zero-order valence-electron chi connectivity index (χ0n) is 9.21. The predicted octanol–water partition coefficient (Wildman–Crippen LogP) is 0.497. The number of nitrogens with one attached hydrogen (secondary N) is 2. The van der Waals surface area contributed by atoms with Crippen LogP contribution in [0.15, 0.2) is 39.3 Å². The number of H-pyrrole nitrogens is 1. The second-order valence-electron chi connectivity index (χ2n) is 3.57. The minimum Gasteiger partial charge on any atom is -0.399 e. The molecule has 1 aromatic carbocycles. The number of anilines is 1. The number of aromatic amines is 1. The van der Waals surface area contributed by atoms with E-state index in [9.17, 15) is 13.2 Å². The summed E-state index contributed by atoms with van der Waals surface area (Å²) in [6.07, 6.45) is 0. The van der Waals surface area contributed by atoms with Gasteiger partial charge in [-0.15, -0.1) is 0 Å². The summed E-state index contributed by atoms with van der Waals surface area (Å²) in [5, 5.41) is 1.58. The number of hydrogen-bond donors (Lipinski definition) is 3. The summed E-state index contributed by atoms with van der Waals surface area (Å²) in [6, 6.07) is 5.88. The normalized spacial score (nSPS) is 11.6. The summed E-state index contributed by atoms with van der Waals surface area (Å²) in [5.41, 5.74) is 6.51. The van der Waals surface area contributed by atoms with Gasteiger partial charge in [0.25, 0.3) is 0 Å². The fourth-order valence-electron chi connectivity index (χ4n) is 1.30. The molecule has 0 spiro atoms. The summed E-state index contributed by atoms with van der Waals surface area (Å²) in [5.74, 6) is 0. The number of rotatable bonds is 4. The van der Waals surface area contributed by atoms with Crippen molar-refractivity contribution >= 4 is 27.0 Å². The lowest BCUT2D eigenvalue weighted by molar-refractivity contribution is 0.580. The first kappa shape index (κ1) is 12.8. The van der Waals surface area contributed by atoms with E-state index in [2.05, 4.69) is 9.71 Å². The van der Waals surface area contributed by atoms with Crippen molar-refractivity contribution in [2.45, 2.75) is 11.4 Å². The number of sulfonamides is 1. The van der Waals surface area contributed by atoms with Crippen molar-refractivity contribution in [1.82, 2.24) is 9.71 Å². The van der Waals surface area contributed by atoms with E-state index in [0.29, 0.717) is 11.4 Å².